The average molecular weight is 337 g/mol. The molecule has 0 saturated heterocycles. The number of hydrogen-bond acceptors (Lipinski definition) is 3. The molecule has 0 fully saturated rings. The Morgan fingerprint density at radius 2 is 1.52 bits per heavy atom. The molecule has 0 unspecified atom stereocenters. The van der Waals surface area contributed by atoms with Gasteiger partial charge < -0.3 is 15.2 Å². The van der Waals surface area contributed by atoms with Gasteiger partial charge in [-0.25, -0.2) is 4.39 Å². The van der Waals surface area contributed by atoms with Crippen LogP contribution in [0.15, 0.2) is 77.7 Å². The summed E-state index contributed by atoms with van der Waals surface area (Å²) < 4.78 is 14.2. The molecule has 5 nitrogen and oxygen atoms in total. The Labute approximate surface area is 143 Å². The molecule has 0 atom stereocenters. The Bertz CT molecular complexity index is 921. The third-order valence-corrected chi connectivity index (χ3v) is 3.49. The van der Waals surface area contributed by atoms with E-state index in [9.17, 15) is 14.0 Å². The van der Waals surface area contributed by atoms with E-state index >= 15 is 0 Å². The zero-order chi connectivity index (χ0) is 17.6. The summed E-state index contributed by atoms with van der Waals surface area (Å²) in [5, 5.41) is 5.92. The van der Waals surface area contributed by atoms with Crippen LogP contribution in [0.2, 0.25) is 0 Å². The number of pyridine rings is 1. The second-order valence-electron chi connectivity index (χ2n) is 5.43. The van der Waals surface area contributed by atoms with Gasteiger partial charge in [-0.05, 0) is 42.5 Å². The molecule has 0 bridgehead atoms. The third-order valence-electron chi connectivity index (χ3n) is 3.49. The maximum absolute atomic E-state index is 13.1. The molecule has 2 N–H and O–H groups in total. The predicted octanol–water partition coefficient (Wildman–Crippen LogP) is 3.37. The molecule has 0 aliphatic carbocycles. The number of nitrogens with one attached hydrogen (secondary N) is 2. The van der Waals surface area contributed by atoms with Crippen LogP contribution in [0.4, 0.5) is 21.5 Å². The van der Waals surface area contributed by atoms with E-state index in [1.165, 1.54) is 0 Å². The van der Waals surface area contributed by atoms with Crippen molar-refractivity contribution in [1.82, 2.24) is 4.57 Å². The lowest BCUT2D eigenvalue weighted by molar-refractivity contribution is -0.116. The van der Waals surface area contributed by atoms with Crippen LogP contribution in [-0.4, -0.2) is 10.5 Å². The maximum Gasteiger partial charge on any atom is 0.251 e. The summed E-state index contributed by atoms with van der Waals surface area (Å²) in [6.45, 7) is -0.249. The van der Waals surface area contributed by atoms with Gasteiger partial charge in [0, 0.05) is 29.3 Å². The minimum atomic E-state index is -0.566. The van der Waals surface area contributed by atoms with Crippen molar-refractivity contribution in [3.8, 4) is 0 Å². The summed E-state index contributed by atoms with van der Waals surface area (Å²) in [5.41, 5.74) is 2.00. The topological polar surface area (TPSA) is 63.1 Å². The van der Waals surface area contributed by atoms with Crippen molar-refractivity contribution < 1.29 is 9.18 Å². The van der Waals surface area contributed by atoms with Crippen LogP contribution in [0.25, 0.3) is 0 Å². The summed E-state index contributed by atoms with van der Waals surface area (Å²) >= 11 is 0. The van der Waals surface area contributed by atoms with E-state index in [1.807, 2.05) is 42.5 Å². The molecule has 1 heterocycles. The summed E-state index contributed by atoms with van der Waals surface area (Å²) in [5.74, 6) is -0.972. The first-order valence-corrected chi connectivity index (χ1v) is 7.68. The number of rotatable bonds is 5. The highest BCUT2D eigenvalue weighted by molar-refractivity contribution is 5.90. The highest BCUT2D eigenvalue weighted by atomic mass is 19.1. The molecular weight excluding hydrogens is 321 g/mol. The number of aromatic nitrogens is 1. The van der Waals surface area contributed by atoms with Crippen LogP contribution in [0.5, 0.6) is 0 Å². The molecule has 1 aromatic heterocycles. The van der Waals surface area contributed by atoms with Crippen LogP contribution < -0.4 is 16.2 Å². The van der Waals surface area contributed by atoms with Gasteiger partial charge in [0.05, 0.1) is 0 Å². The van der Waals surface area contributed by atoms with Gasteiger partial charge in [-0.15, -0.1) is 0 Å². The monoisotopic (exact) mass is 337 g/mol. The lowest BCUT2D eigenvalue weighted by Crippen LogP contribution is -2.27. The molecule has 126 valence electrons. The maximum atomic E-state index is 13.1. The molecule has 0 spiro atoms. The highest BCUT2D eigenvalue weighted by Gasteiger charge is 2.06. The summed E-state index contributed by atoms with van der Waals surface area (Å²) in [6.07, 6.45) is 1.01. The number of hydrogen-bond donors (Lipinski definition) is 2. The van der Waals surface area contributed by atoms with E-state index in [-0.39, 0.29) is 6.54 Å². The fourth-order valence-corrected chi connectivity index (χ4v) is 2.31. The summed E-state index contributed by atoms with van der Waals surface area (Å²) in [7, 11) is 0. The van der Waals surface area contributed by atoms with Crippen molar-refractivity contribution >= 4 is 23.0 Å². The molecule has 0 aliphatic rings. The van der Waals surface area contributed by atoms with Crippen LogP contribution in [0.3, 0.4) is 0 Å². The first-order chi connectivity index (χ1) is 12.1. The van der Waals surface area contributed by atoms with E-state index < -0.39 is 17.3 Å². The van der Waals surface area contributed by atoms with E-state index in [2.05, 4.69) is 10.6 Å². The minimum absolute atomic E-state index is 0.249. The first kappa shape index (κ1) is 16.4. The van der Waals surface area contributed by atoms with Gasteiger partial charge in [0.2, 0.25) is 5.91 Å². The van der Waals surface area contributed by atoms with Crippen molar-refractivity contribution in [3.05, 3.63) is 89.1 Å². The number of carbonyl (C=O) groups is 1. The molecule has 3 rings (SSSR count). The Morgan fingerprint density at radius 1 is 0.880 bits per heavy atom. The smallest absolute Gasteiger partial charge is 0.251 e. The second kappa shape index (κ2) is 7.44. The van der Waals surface area contributed by atoms with Gasteiger partial charge in [-0.2, -0.15) is 0 Å². The van der Waals surface area contributed by atoms with E-state index in [1.54, 1.807) is 12.1 Å². The molecule has 25 heavy (non-hydrogen) atoms. The van der Waals surface area contributed by atoms with Crippen molar-refractivity contribution in [3.63, 3.8) is 0 Å². The molecule has 0 saturated carbocycles. The zero-order valence-corrected chi connectivity index (χ0v) is 13.3. The van der Waals surface area contributed by atoms with Crippen LogP contribution in [0, 0.1) is 5.82 Å². The zero-order valence-electron chi connectivity index (χ0n) is 13.3. The number of para-hydroxylation sites is 1. The molecule has 0 aliphatic heterocycles. The standard InChI is InChI=1S/C19H16FN3O2/c20-14-6-11-19(25)23(12-14)13-18(24)22-17-9-7-16(8-10-17)21-15-4-2-1-3-5-15/h1-12,21H,13H2,(H,22,24). The number of halogens is 1. The molecule has 1 amide bonds. The SMILES string of the molecule is O=C(Cn1cc(F)ccc1=O)Nc1ccc(Nc2ccccc2)cc1. The van der Waals surface area contributed by atoms with Gasteiger partial charge in [0.15, 0.2) is 0 Å². The fraction of sp³-hybridized carbons (Fsp3) is 0.0526. The van der Waals surface area contributed by atoms with Crippen molar-refractivity contribution in [2.45, 2.75) is 6.54 Å². The Kier molecular flexibility index (Phi) is 4.89. The number of carbonyl (C=O) groups excluding carboxylic acids is 1. The average Bonchev–Trinajstić information content (AvgIpc) is 2.61. The van der Waals surface area contributed by atoms with E-state index in [4.69, 9.17) is 0 Å². The van der Waals surface area contributed by atoms with Crippen LogP contribution in [0.1, 0.15) is 0 Å². The lowest BCUT2D eigenvalue weighted by atomic mass is 10.2. The van der Waals surface area contributed by atoms with Gasteiger partial charge in [0.25, 0.3) is 5.56 Å². The van der Waals surface area contributed by atoms with Crippen molar-refractivity contribution in [2.75, 3.05) is 10.6 Å². The molecule has 0 radical (unpaired) electrons. The summed E-state index contributed by atoms with van der Waals surface area (Å²) in [4.78, 5) is 23.6. The van der Waals surface area contributed by atoms with E-state index in [0.29, 0.717) is 5.69 Å². The predicted molar refractivity (Wildman–Crippen MR) is 95.5 cm³/mol. The van der Waals surface area contributed by atoms with Crippen molar-refractivity contribution in [1.29, 1.82) is 0 Å². The Hall–Kier alpha value is -3.41. The van der Waals surface area contributed by atoms with Gasteiger partial charge in [-0.3, -0.25) is 9.59 Å². The Balaban J connectivity index is 1.62. The van der Waals surface area contributed by atoms with Crippen molar-refractivity contribution in [2.24, 2.45) is 0 Å². The minimum Gasteiger partial charge on any atom is -0.356 e. The molecule has 2 aromatic carbocycles. The van der Waals surface area contributed by atoms with Gasteiger partial charge in [0.1, 0.15) is 12.4 Å². The quantitative estimate of drug-likeness (QED) is 0.750. The fourth-order valence-electron chi connectivity index (χ4n) is 2.31. The normalized spacial score (nSPS) is 10.3. The molecular formula is C19H16FN3O2. The molecule has 6 heteroatoms. The summed E-state index contributed by atoms with van der Waals surface area (Å²) in [6, 6.07) is 19.0. The largest absolute Gasteiger partial charge is 0.356 e. The van der Waals surface area contributed by atoms with Crippen LogP contribution >= 0.6 is 0 Å². The highest BCUT2D eigenvalue weighted by Crippen LogP contribution is 2.18. The molecule has 3 aromatic rings. The number of amides is 1. The second-order valence-corrected chi connectivity index (χ2v) is 5.43. The van der Waals surface area contributed by atoms with Crippen LogP contribution in [-0.2, 0) is 11.3 Å². The number of nitrogens with zero attached hydrogens (tertiary/aromatic N) is 1. The van der Waals surface area contributed by atoms with Gasteiger partial charge >= 0.3 is 0 Å². The van der Waals surface area contributed by atoms with Gasteiger partial charge in [-0.1, -0.05) is 18.2 Å². The first-order valence-electron chi connectivity index (χ1n) is 7.68. The third kappa shape index (κ3) is 4.54. The number of benzene rings is 2. The van der Waals surface area contributed by atoms with E-state index in [0.717, 1.165) is 34.3 Å². The lowest BCUT2D eigenvalue weighted by Gasteiger charge is -2.09. The number of anilines is 3. The Morgan fingerprint density at radius 3 is 2.24 bits per heavy atom.